The molecule has 0 fully saturated rings. The summed E-state index contributed by atoms with van der Waals surface area (Å²) in [7, 11) is 0. The Morgan fingerprint density at radius 1 is 1.29 bits per heavy atom. The standard InChI is InChI=1S/C13H13F2NO5/c1-8(17)7-20-11(18)6-16-12(19)9-3-2-4-10(5-9)21-13(14)15/h2-5,13H,6-7H2,1H3,(H,16,19). The topological polar surface area (TPSA) is 81.7 Å². The highest BCUT2D eigenvalue weighted by molar-refractivity contribution is 5.96. The smallest absolute Gasteiger partial charge is 0.387 e. The van der Waals surface area contributed by atoms with E-state index in [1.54, 1.807) is 0 Å². The zero-order chi connectivity index (χ0) is 15.8. The highest BCUT2D eigenvalue weighted by Gasteiger charge is 2.11. The van der Waals surface area contributed by atoms with Crippen molar-refractivity contribution in [3.63, 3.8) is 0 Å². The minimum atomic E-state index is -3.00. The van der Waals surface area contributed by atoms with Gasteiger partial charge < -0.3 is 14.8 Å². The third-order valence-corrected chi connectivity index (χ3v) is 2.15. The lowest BCUT2D eigenvalue weighted by Crippen LogP contribution is -2.31. The van der Waals surface area contributed by atoms with Crippen molar-refractivity contribution in [1.29, 1.82) is 0 Å². The van der Waals surface area contributed by atoms with E-state index in [1.807, 2.05) is 0 Å². The van der Waals surface area contributed by atoms with Crippen LogP contribution in [0.5, 0.6) is 5.75 Å². The largest absolute Gasteiger partial charge is 0.456 e. The molecule has 6 nitrogen and oxygen atoms in total. The Balaban J connectivity index is 2.52. The van der Waals surface area contributed by atoms with Crippen LogP contribution in [0.3, 0.4) is 0 Å². The Morgan fingerprint density at radius 2 is 2.00 bits per heavy atom. The highest BCUT2D eigenvalue weighted by atomic mass is 19.3. The summed E-state index contributed by atoms with van der Waals surface area (Å²) >= 11 is 0. The van der Waals surface area contributed by atoms with Gasteiger partial charge in [-0.25, -0.2) is 0 Å². The van der Waals surface area contributed by atoms with Gasteiger partial charge in [0.25, 0.3) is 5.91 Å². The molecule has 1 rings (SSSR count). The monoisotopic (exact) mass is 301 g/mol. The van der Waals surface area contributed by atoms with Gasteiger partial charge in [-0.3, -0.25) is 14.4 Å². The number of ether oxygens (including phenoxy) is 2. The molecule has 0 saturated carbocycles. The van der Waals surface area contributed by atoms with Gasteiger partial charge in [-0.1, -0.05) is 6.07 Å². The normalized spacial score (nSPS) is 10.1. The van der Waals surface area contributed by atoms with Crippen LogP contribution in [0.4, 0.5) is 8.78 Å². The Morgan fingerprint density at radius 3 is 2.62 bits per heavy atom. The van der Waals surface area contributed by atoms with Gasteiger partial charge in [0, 0.05) is 5.56 Å². The van der Waals surface area contributed by atoms with E-state index in [0.717, 1.165) is 6.07 Å². The quantitative estimate of drug-likeness (QED) is 0.764. The molecule has 1 aromatic rings. The maximum absolute atomic E-state index is 12.0. The second kappa shape index (κ2) is 7.93. The van der Waals surface area contributed by atoms with E-state index >= 15 is 0 Å². The molecule has 0 aromatic heterocycles. The van der Waals surface area contributed by atoms with E-state index in [9.17, 15) is 23.2 Å². The van der Waals surface area contributed by atoms with Crippen molar-refractivity contribution in [1.82, 2.24) is 5.32 Å². The molecular formula is C13H13F2NO5. The van der Waals surface area contributed by atoms with Gasteiger partial charge in [-0.05, 0) is 25.1 Å². The Kier molecular flexibility index (Phi) is 6.25. The van der Waals surface area contributed by atoms with Crippen LogP contribution in [-0.2, 0) is 14.3 Å². The number of halogens is 2. The second-order valence-electron chi connectivity index (χ2n) is 3.95. The summed E-state index contributed by atoms with van der Waals surface area (Å²) in [6, 6.07) is 5.11. The molecule has 0 aliphatic carbocycles. The first-order valence-electron chi connectivity index (χ1n) is 5.86. The first kappa shape index (κ1) is 16.5. The van der Waals surface area contributed by atoms with Crippen LogP contribution < -0.4 is 10.1 Å². The molecule has 0 spiro atoms. The fourth-order valence-electron chi connectivity index (χ4n) is 1.30. The zero-order valence-corrected chi connectivity index (χ0v) is 11.1. The number of rotatable bonds is 7. The number of ketones is 1. The van der Waals surface area contributed by atoms with E-state index in [-0.39, 0.29) is 23.7 Å². The van der Waals surface area contributed by atoms with Crippen molar-refractivity contribution in [2.45, 2.75) is 13.5 Å². The highest BCUT2D eigenvalue weighted by Crippen LogP contribution is 2.15. The average molecular weight is 301 g/mol. The van der Waals surface area contributed by atoms with Gasteiger partial charge in [-0.2, -0.15) is 8.78 Å². The van der Waals surface area contributed by atoms with Crippen molar-refractivity contribution in [2.75, 3.05) is 13.2 Å². The van der Waals surface area contributed by atoms with Crippen LogP contribution in [0.15, 0.2) is 24.3 Å². The molecular weight excluding hydrogens is 288 g/mol. The van der Waals surface area contributed by atoms with E-state index in [2.05, 4.69) is 14.8 Å². The van der Waals surface area contributed by atoms with E-state index in [1.165, 1.54) is 25.1 Å². The number of Topliss-reactive ketones (excluding diaryl/α,β-unsaturated/α-hetero) is 1. The molecule has 0 radical (unpaired) electrons. The predicted octanol–water partition coefficient (Wildman–Crippen LogP) is 1.15. The van der Waals surface area contributed by atoms with Crippen LogP contribution in [0.1, 0.15) is 17.3 Å². The minimum absolute atomic E-state index is 0.0486. The van der Waals surface area contributed by atoms with E-state index < -0.39 is 25.0 Å². The van der Waals surface area contributed by atoms with Crippen LogP contribution >= 0.6 is 0 Å². The van der Waals surface area contributed by atoms with Gasteiger partial charge in [0.2, 0.25) is 0 Å². The Bertz CT molecular complexity index is 533. The van der Waals surface area contributed by atoms with Crippen molar-refractivity contribution >= 4 is 17.7 Å². The van der Waals surface area contributed by atoms with Gasteiger partial charge in [-0.15, -0.1) is 0 Å². The zero-order valence-electron chi connectivity index (χ0n) is 11.1. The van der Waals surface area contributed by atoms with Crippen LogP contribution in [0, 0.1) is 0 Å². The Labute approximate surface area is 119 Å². The lowest BCUT2D eigenvalue weighted by molar-refractivity contribution is -0.146. The fourth-order valence-corrected chi connectivity index (χ4v) is 1.30. The summed E-state index contributed by atoms with van der Waals surface area (Å²) in [5.74, 6) is -1.93. The molecule has 21 heavy (non-hydrogen) atoms. The predicted molar refractivity (Wildman–Crippen MR) is 67.0 cm³/mol. The number of carbonyl (C=O) groups excluding carboxylic acids is 3. The number of amides is 1. The number of benzene rings is 1. The molecule has 1 aromatic carbocycles. The second-order valence-corrected chi connectivity index (χ2v) is 3.95. The first-order valence-corrected chi connectivity index (χ1v) is 5.86. The molecule has 114 valence electrons. The van der Waals surface area contributed by atoms with Crippen LogP contribution in [0.25, 0.3) is 0 Å². The summed E-state index contributed by atoms with van der Waals surface area (Å²) in [4.78, 5) is 33.5. The molecule has 0 unspecified atom stereocenters. The molecule has 0 saturated heterocycles. The lowest BCUT2D eigenvalue weighted by Gasteiger charge is -2.07. The van der Waals surface area contributed by atoms with Crippen molar-refractivity contribution < 1.29 is 32.6 Å². The molecule has 8 heteroatoms. The number of carbonyl (C=O) groups is 3. The Hall–Kier alpha value is -2.51. The molecule has 0 aliphatic heterocycles. The number of hydrogen-bond donors (Lipinski definition) is 1. The fraction of sp³-hybridized carbons (Fsp3) is 0.308. The number of alkyl halides is 2. The molecule has 1 N–H and O–H groups in total. The maximum Gasteiger partial charge on any atom is 0.387 e. The average Bonchev–Trinajstić information content (AvgIpc) is 2.42. The lowest BCUT2D eigenvalue weighted by atomic mass is 10.2. The minimum Gasteiger partial charge on any atom is -0.456 e. The van der Waals surface area contributed by atoms with Crippen molar-refractivity contribution in [3.8, 4) is 5.75 Å². The molecule has 0 bridgehead atoms. The molecule has 0 heterocycles. The summed E-state index contributed by atoms with van der Waals surface area (Å²) in [6.07, 6.45) is 0. The summed E-state index contributed by atoms with van der Waals surface area (Å²) in [6.45, 7) is -2.55. The number of hydrogen-bond acceptors (Lipinski definition) is 5. The number of nitrogens with one attached hydrogen (secondary N) is 1. The van der Waals surface area contributed by atoms with Gasteiger partial charge in [0.15, 0.2) is 5.78 Å². The van der Waals surface area contributed by atoms with Gasteiger partial charge in [0.1, 0.15) is 18.9 Å². The maximum atomic E-state index is 12.0. The van der Waals surface area contributed by atoms with Gasteiger partial charge >= 0.3 is 12.6 Å². The van der Waals surface area contributed by atoms with Crippen molar-refractivity contribution in [2.24, 2.45) is 0 Å². The SMILES string of the molecule is CC(=O)COC(=O)CNC(=O)c1cccc(OC(F)F)c1. The van der Waals surface area contributed by atoms with Gasteiger partial charge in [0.05, 0.1) is 0 Å². The summed E-state index contributed by atoms with van der Waals surface area (Å²) < 4.78 is 32.8. The first-order chi connectivity index (χ1) is 9.88. The van der Waals surface area contributed by atoms with Crippen LogP contribution in [-0.4, -0.2) is 37.4 Å². The third-order valence-electron chi connectivity index (χ3n) is 2.15. The van der Waals surface area contributed by atoms with E-state index in [4.69, 9.17) is 0 Å². The van der Waals surface area contributed by atoms with Crippen LogP contribution in [0.2, 0.25) is 0 Å². The van der Waals surface area contributed by atoms with E-state index in [0.29, 0.717) is 0 Å². The van der Waals surface area contributed by atoms with Crippen molar-refractivity contribution in [3.05, 3.63) is 29.8 Å². The third kappa shape index (κ3) is 6.46. The summed E-state index contributed by atoms with van der Waals surface area (Å²) in [5.41, 5.74) is 0.0486. The number of esters is 1. The molecule has 0 aliphatic rings. The molecule has 0 atom stereocenters. The molecule has 1 amide bonds. The summed E-state index contributed by atoms with van der Waals surface area (Å²) in [5, 5.41) is 2.24.